The van der Waals surface area contributed by atoms with Gasteiger partial charge in [0.25, 0.3) is 0 Å². The highest BCUT2D eigenvalue weighted by atomic mass is 16.6. The van der Waals surface area contributed by atoms with Gasteiger partial charge < -0.3 is 14.6 Å². The highest BCUT2D eigenvalue weighted by molar-refractivity contribution is 5.10. The molecule has 0 amide bonds. The Hall–Kier alpha value is -1.51. The summed E-state index contributed by atoms with van der Waals surface area (Å²) in [6.07, 6.45) is -0.992. The molecule has 0 saturated carbocycles. The molecule has 0 spiro atoms. The highest BCUT2D eigenvalue weighted by Crippen LogP contribution is 2.50. The van der Waals surface area contributed by atoms with Crippen LogP contribution in [0.4, 0.5) is 0 Å². The van der Waals surface area contributed by atoms with Crippen LogP contribution in [0.25, 0.3) is 0 Å². The minimum Gasteiger partial charge on any atom is -0.387 e. The van der Waals surface area contributed by atoms with Crippen molar-refractivity contribution in [3.8, 4) is 0 Å². The van der Waals surface area contributed by atoms with Crippen LogP contribution in [-0.4, -0.2) is 50.6 Å². The Balaban J connectivity index is 2.53. The minimum absolute atomic E-state index is 0.0704. The summed E-state index contributed by atoms with van der Waals surface area (Å²) in [4.78, 5) is 22.4. The molecule has 2 N–H and O–H groups in total. The van der Waals surface area contributed by atoms with Gasteiger partial charge >= 0.3 is 5.69 Å². The van der Waals surface area contributed by atoms with Crippen molar-refractivity contribution in [3.63, 3.8) is 0 Å². The molecule has 1 saturated heterocycles. The molecule has 3 atom stereocenters. The second kappa shape index (κ2) is 5.29. The van der Waals surface area contributed by atoms with Crippen molar-refractivity contribution in [2.75, 3.05) is 14.2 Å². The molecule has 1 aromatic rings. The van der Waals surface area contributed by atoms with Crippen molar-refractivity contribution in [2.24, 2.45) is 4.99 Å². The van der Waals surface area contributed by atoms with Crippen LogP contribution in [0, 0.1) is 0 Å². The third-order valence-corrected chi connectivity index (χ3v) is 4.83. The molecule has 1 aliphatic heterocycles. The second-order valence-corrected chi connectivity index (χ2v) is 6.36. The quantitative estimate of drug-likeness (QED) is 0.815. The van der Waals surface area contributed by atoms with Crippen LogP contribution in [0.1, 0.15) is 41.7 Å². The van der Waals surface area contributed by atoms with Gasteiger partial charge in [-0.05, 0) is 27.7 Å². The van der Waals surface area contributed by atoms with Gasteiger partial charge in [-0.2, -0.15) is 0 Å². The predicted molar refractivity (Wildman–Crippen MR) is 79.2 cm³/mol. The molecule has 2 rings (SSSR count). The third-order valence-electron chi connectivity index (χ3n) is 4.83. The van der Waals surface area contributed by atoms with Gasteiger partial charge in [0, 0.05) is 20.6 Å². The summed E-state index contributed by atoms with van der Waals surface area (Å²) in [5.74, 6) is 0. The highest BCUT2D eigenvalue weighted by Gasteiger charge is 2.61. The van der Waals surface area contributed by atoms with E-state index in [1.807, 2.05) is 0 Å². The first-order valence-corrected chi connectivity index (χ1v) is 7.07. The summed E-state index contributed by atoms with van der Waals surface area (Å²) >= 11 is 0. The van der Waals surface area contributed by atoms with Gasteiger partial charge in [0.05, 0.1) is 11.2 Å². The fourth-order valence-corrected chi connectivity index (χ4v) is 2.74. The Labute approximate surface area is 130 Å². The average molecular weight is 313 g/mol. The Morgan fingerprint density at radius 3 is 2.82 bits per heavy atom. The number of nitrogens with one attached hydrogen (secondary N) is 1. The number of ether oxygens (including phenoxy) is 2. The monoisotopic (exact) mass is 313 g/mol. The lowest BCUT2D eigenvalue weighted by molar-refractivity contribution is -0.225. The lowest BCUT2D eigenvalue weighted by atomic mass is 9.74. The van der Waals surface area contributed by atoms with E-state index in [2.05, 4.69) is 15.0 Å². The van der Waals surface area contributed by atoms with Crippen LogP contribution < -0.4 is 11.3 Å². The van der Waals surface area contributed by atoms with Crippen LogP contribution in [-0.2, 0) is 9.47 Å². The molecular formula is C14H24N4O4. The maximum absolute atomic E-state index is 12.2. The SMILES string of the molecule is [2H]c1nc(=NC)[nH]c(=O)n1[C@H]1C[C@](C)(O)[C@@](C)(C(C)(C)OC)O1. The van der Waals surface area contributed by atoms with Crippen LogP contribution in [0.15, 0.2) is 16.1 Å². The molecule has 2 heterocycles. The summed E-state index contributed by atoms with van der Waals surface area (Å²) in [6, 6.07) is 0. The lowest BCUT2D eigenvalue weighted by Gasteiger charge is -2.46. The van der Waals surface area contributed by atoms with E-state index in [0.29, 0.717) is 0 Å². The number of hydrogen-bond acceptors (Lipinski definition) is 6. The number of aromatic amines is 1. The van der Waals surface area contributed by atoms with Crippen molar-refractivity contribution in [1.82, 2.24) is 14.5 Å². The molecule has 8 nitrogen and oxygen atoms in total. The third kappa shape index (κ3) is 2.41. The first-order valence-electron chi connectivity index (χ1n) is 7.57. The zero-order chi connectivity index (χ0) is 17.6. The molecular weight excluding hydrogens is 288 g/mol. The predicted octanol–water partition coefficient (Wildman–Crippen LogP) is -0.0445. The number of nitrogens with zero attached hydrogens (tertiary/aromatic N) is 3. The van der Waals surface area contributed by atoms with Crippen molar-refractivity contribution in [1.29, 1.82) is 0 Å². The molecule has 0 bridgehead atoms. The maximum Gasteiger partial charge on any atom is 0.331 e. The molecule has 124 valence electrons. The van der Waals surface area contributed by atoms with E-state index < -0.39 is 28.7 Å². The van der Waals surface area contributed by atoms with Gasteiger partial charge in [-0.3, -0.25) is 14.5 Å². The van der Waals surface area contributed by atoms with Crippen LogP contribution in [0.2, 0.25) is 0 Å². The average Bonchev–Trinajstić information content (AvgIpc) is 2.69. The summed E-state index contributed by atoms with van der Waals surface area (Å²) < 4.78 is 20.5. The van der Waals surface area contributed by atoms with Gasteiger partial charge in [0.15, 0.2) is 0 Å². The molecule has 0 unspecified atom stereocenters. The van der Waals surface area contributed by atoms with Crippen LogP contribution >= 0.6 is 0 Å². The van der Waals surface area contributed by atoms with E-state index in [1.54, 1.807) is 27.7 Å². The molecule has 0 aliphatic carbocycles. The van der Waals surface area contributed by atoms with Crippen molar-refractivity contribution in [2.45, 2.75) is 57.1 Å². The van der Waals surface area contributed by atoms with Gasteiger partial charge in [-0.1, -0.05) is 0 Å². The topological polar surface area (TPSA) is 102 Å². The molecule has 8 heteroatoms. The zero-order valence-electron chi connectivity index (χ0n) is 14.8. The Bertz CT molecular complexity index is 724. The number of aliphatic hydroxyl groups is 1. The number of rotatable bonds is 3. The summed E-state index contributed by atoms with van der Waals surface area (Å²) in [7, 11) is 3.00. The van der Waals surface area contributed by atoms with Crippen molar-refractivity contribution in [3.05, 3.63) is 22.4 Å². The fraction of sp³-hybridized carbons (Fsp3) is 0.786. The first-order chi connectivity index (χ1) is 10.5. The minimum atomic E-state index is -1.27. The largest absolute Gasteiger partial charge is 0.387 e. The van der Waals surface area contributed by atoms with E-state index in [1.165, 1.54) is 14.2 Å². The number of H-pyrrole nitrogens is 1. The lowest BCUT2D eigenvalue weighted by Crippen LogP contribution is -2.61. The van der Waals surface area contributed by atoms with E-state index in [-0.39, 0.29) is 18.3 Å². The standard InChI is InChI=1S/C14H24N4O4/c1-12(2,21-6)14(4)13(3,20)7-9(22-14)18-8-16-10(15-5)17-11(18)19/h8-9,20H,7H2,1-6H3,(H,15,17,19)/t9-,13+,14-/m1/s1/i8D. The maximum atomic E-state index is 12.2. The van der Waals surface area contributed by atoms with E-state index >= 15 is 0 Å². The van der Waals surface area contributed by atoms with Gasteiger partial charge in [0.1, 0.15) is 19.5 Å². The van der Waals surface area contributed by atoms with Crippen molar-refractivity contribution < 1.29 is 16.0 Å². The molecule has 22 heavy (non-hydrogen) atoms. The Morgan fingerprint density at radius 2 is 2.32 bits per heavy atom. The van der Waals surface area contributed by atoms with Gasteiger partial charge in [0.2, 0.25) is 5.62 Å². The van der Waals surface area contributed by atoms with Gasteiger partial charge in [-0.25, -0.2) is 9.78 Å². The van der Waals surface area contributed by atoms with E-state index in [4.69, 9.17) is 10.8 Å². The summed E-state index contributed by atoms with van der Waals surface area (Å²) in [6.45, 7) is 6.97. The number of methoxy groups -OCH3 is 1. The fourth-order valence-electron chi connectivity index (χ4n) is 2.74. The van der Waals surface area contributed by atoms with E-state index in [0.717, 1.165) is 4.57 Å². The first kappa shape index (κ1) is 15.4. The Morgan fingerprint density at radius 1 is 1.68 bits per heavy atom. The smallest absolute Gasteiger partial charge is 0.331 e. The zero-order valence-corrected chi connectivity index (χ0v) is 13.8. The molecule has 1 aromatic heterocycles. The second-order valence-electron chi connectivity index (χ2n) is 6.36. The molecule has 0 aromatic carbocycles. The number of aromatic nitrogens is 3. The van der Waals surface area contributed by atoms with Gasteiger partial charge in [-0.15, -0.1) is 0 Å². The normalized spacial score (nSPS) is 34.0. The van der Waals surface area contributed by atoms with Crippen LogP contribution in [0.3, 0.4) is 0 Å². The molecule has 1 aliphatic rings. The number of hydrogen-bond donors (Lipinski definition) is 2. The molecule has 0 radical (unpaired) electrons. The van der Waals surface area contributed by atoms with Crippen LogP contribution in [0.5, 0.6) is 0 Å². The summed E-state index contributed by atoms with van der Waals surface area (Å²) in [5.41, 5.74) is -3.66. The Kier molecular flexibility index (Phi) is 3.70. The molecule has 1 fully saturated rings. The summed E-state index contributed by atoms with van der Waals surface area (Å²) in [5, 5.41) is 10.9. The van der Waals surface area contributed by atoms with E-state index in [9.17, 15) is 9.90 Å². The van der Waals surface area contributed by atoms with Crippen molar-refractivity contribution >= 4 is 0 Å².